The first-order chi connectivity index (χ1) is 11.2. The maximum atomic E-state index is 13.0. The monoisotopic (exact) mass is 464 g/mol. The van der Waals surface area contributed by atoms with Gasteiger partial charge >= 0.3 is 0 Å². The van der Waals surface area contributed by atoms with Gasteiger partial charge in [-0.05, 0) is 24.6 Å². The minimum atomic E-state index is -0.395. The summed E-state index contributed by atoms with van der Waals surface area (Å²) >= 11 is 0. The van der Waals surface area contributed by atoms with Crippen molar-refractivity contribution in [1.29, 1.82) is 0 Å². The number of aliphatic imine (C=N–C) groups is 1. The van der Waals surface area contributed by atoms with Crippen molar-refractivity contribution in [3.05, 3.63) is 35.6 Å². The first kappa shape index (κ1) is 23.6. The van der Waals surface area contributed by atoms with Crippen LogP contribution in [0.5, 0.6) is 0 Å². The summed E-state index contributed by atoms with van der Waals surface area (Å²) in [5, 5.41) is 6.10. The minimum absolute atomic E-state index is 0. The lowest BCUT2D eigenvalue weighted by atomic mass is 9.96. The van der Waals surface area contributed by atoms with E-state index in [0.717, 1.165) is 18.1 Å². The van der Waals surface area contributed by atoms with Crippen LogP contribution in [0.2, 0.25) is 0 Å². The molecular formula is C18H30FIN4O. The Balaban J connectivity index is 0.00000576. The highest BCUT2D eigenvalue weighted by Crippen LogP contribution is 2.11. The second-order valence-corrected chi connectivity index (χ2v) is 6.72. The molecule has 0 atom stereocenters. The van der Waals surface area contributed by atoms with Gasteiger partial charge in [-0.2, -0.15) is 0 Å². The molecule has 0 aliphatic rings. The number of carbonyl (C=O) groups excluding carboxylic acids is 1. The maximum Gasteiger partial charge on any atom is 0.225 e. The summed E-state index contributed by atoms with van der Waals surface area (Å²) in [4.78, 5) is 18.3. The van der Waals surface area contributed by atoms with Crippen LogP contribution in [0.1, 0.15) is 33.3 Å². The summed E-state index contributed by atoms with van der Waals surface area (Å²) in [6.45, 7) is 10.0. The molecule has 0 fully saturated rings. The summed E-state index contributed by atoms with van der Waals surface area (Å²) in [5.74, 6) is 0.533. The number of nitrogens with zero attached hydrogens (tertiary/aromatic N) is 2. The lowest BCUT2D eigenvalue weighted by Gasteiger charge is -2.22. The molecule has 0 spiro atoms. The summed E-state index contributed by atoms with van der Waals surface area (Å²) in [6.07, 6.45) is 0. The molecule has 5 nitrogen and oxygen atoms in total. The van der Waals surface area contributed by atoms with Crippen molar-refractivity contribution in [3.63, 3.8) is 0 Å². The van der Waals surface area contributed by atoms with E-state index in [4.69, 9.17) is 0 Å². The Morgan fingerprint density at radius 3 is 2.32 bits per heavy atom. The van der Waals surface area contributed by atoms with E-state index in [1.165, 1.54) is 12.1 Å². The third-order valence-electron chi connectivity index (χ3n) is 3.37. The van der Waals surface area contributed by atoms with E-state index < -0.39 is 5.41 Å². The lowest BCUT2D eigenvalue weighted by molar-refractivity contribution is -0.128. The summed E-state index contributed by atoms with van der Waals surface area (Å²) in [7, 11) is 1.93. The number of rotatable bonds is 6. The smallest absolute Gasteiger partial charge is 0.225 e. The van der Waals surface area contributed by atoms with E-state index in [0.29, 0.717) is 19.6 Å². The van der Waals surface area contributed by atoms with Crippen LogP contribution < -0.4 is 10.6 Å². The highest BCUT2D eigenvalue weighted by Gasteiger charge is 2.20. The van der Waals surface area contributed by atoms with Crippen molar-refractivity contribution in [2.75, 3.05) is 26.7 Å². The molecule has 1 aromatic rings. The Morgan fingerprint density at radius 1 is 1.20 bits per heavy atom. The summed E-state index contributed by atoms with van der Waals surface area (Å²) in [6, 6.07) is 6.43. The summed E-state index contributed by atoms with van der Waals surface area (Å²) < 4.78 is 13.0. The Morgan fingerprint density at radius 2 is 1.80 bits per heavy atom. The number of hydrogen-bond acceptors (Lipinski definition) is 2. The van der Waals surface area contributed by atoms with Crippen LogP contribution in [0.25, 0.3) is 0 Å². The highest BCUT2D eigenvalue weighted by molar-refractivity contribution is 14.0. The number of halogens is 2. The quantitative estimate of drug-likeness (QED) is 0.295. The Labute approximate surface area is 167 Å². The fourth-order valence-corrected chi connectivity index (χ4v) is 2.00. The van der Waals surface area contributed by atoms with Gasteiger partial charge in [-0.15, -0.1) is 24.0 Å². The predicted octanol–water partition coefficient (Wildman–Crippen LogP) is 3.00. The van der Waals surface area contributed by atoms with Crippen molar-refractivity contribution in [1.82, 2.24) is 15.5 Å². The molecule has 1 rings (SSSR count). The van der Waals surface area contributed by atoms with E-state index in [1.807, 2.05) is 39.6 Å². The number of guanidine groups is 1. The van der Waals surface area contributed by atoms with Crippen LogP contribution in [0, 0.1) is 11.2 Å². The molecular weight excluding hydrogens is 434 g/mol. The molecule has 7 heteroatoms. The molecule has 0 unspecified atom stereocenters. The second-order valence-electron chi connectivity index (χ2n) is 6.72. The largest absolute Gasteiger partial charge is 0.357 e. The average molecular weight is 464 g/mol. The molecule has 0 saturated carbocycles. The normalized spacial score (nSPS) is 11.5. The molecule has 0 bridgehead atoms. The zero-order valence-electron chi connectivity index (χ0n) is 15.7. The van der Waals surface area contributed by atoms with E-state index >= 15 is 0 Å². The fraction of sp³-hybridized carbons (Fsp3) is 0.556. The zero-order valence-corrected chi connectivity index (χ0v) is 18.1. The number of nitrogens with one attached hydrogen (secondary N) is 2. The second kappa shape index (κ2) is 11.3. The number of amides is 1. The van der Waals surface area contributed by atoms with Gasteiger partial charge in [0.05, 0.1) is 6.54 Å². The van der Waals surface area contributed by atoms with E-state index in [9.17, 15) is 9.18 Å². The van der Waals surface area contributed by atoms with Gasteiger partial charge in [0.15, 0.2) is 5.96 Å². The zero-order chi connectivity index (χ0) is 18.2. The van der Waals surface area contributed by atoms with Gasteiger partial charge in [-0.25, -0.2) is 4.39 Å². The van der Waals surface area contributed by atoms with Gasteiger partial charge < -0.3 is 15.5 Å². The molecule has 142 valence electrons. The van der Waals surface area contributed by atoms with Gasteiger partial charge in [0, 0.05) is 32.1 Å². The van der Waals surface area contributed by atoms with Crippen molar-refractivity contribution in [2.24, 2.45) is 10.4 Å². The van der Waals surface area contributed by atoms with Gasteiger partial charge in [0.25, 0.3) is 0 Å². The summed E-state index contributed by atoms with van der Waals surface area (Å²) in [5.41, 5.74) is 0.610. The first-order valence-electron chi connectivity index (χ1n) is 8.26. The van der Waals surface area contributed by atoms with E-state index in [2.05, 4.69) is 15.6 Å². The lowest BCUT2D eigenvalue weighted by Crippen LogP contribution is -2.40. The van der Waals surface area contributed by atoms with E-state index in [1.54, 1.807) is 12.1 Å². The Hall–Kier alpha value is -1.38. The van der Waals surface area contributed by atoms with Crippen LogP contribution in [0.15, 0.2) is 29.3 Å². The van der Waals surface area contributed by atoms with Gasteiger partial charge in [-0.3, -0.25) is 9.79 Å². The van der Waals surface area contributed by atoms with Crippen molar-refractivity contribution < 1.29 is 9.18 Å². The van der Waals surface area contributed by atoms with E-state index in [-0.39, 0.29) is 35.7 Å². The van der Waals surface area contributed by atoms with Crippen molar-refractivity contribution in [3.8, 4) is 0 Å². The van der Waals surface area contributed by atoms with Crippen LogP contribution in [-0.4, -0.2) is 43.4 Å². The van der Waals surface area contributed by atoms with Crippen LogP contribution in [-0.2, 0) is 11.3 Å². The number of carbonyl (C=O) groups is 1. The van der Waals surface area contributed by atoms with Crippen molar-refractivity contribution >= 4 is 35.8 Å². The molecule has 0 aliphatic heterocycles. The molecule has 0 aliphatic carbocycles. The van der Waals surface area contributed by atoms with Gasteiger partial charge in [-0.1, -0.05) is 32.9 Å². The fourth-order valence-electron chi connectivity index (χ4n) is 2.00. The first-order valence-corrected chi connectivity index (χ1v) is 8.26. The Bertz CT molecular complexity index is 555. The van der Waals surface area contributed by atoms with Gasteiger partial charge in [0.1, 0.15) is 5.82 Å². The number of benzene rings is 1. The Kier molecular flexibility index (Phi) is 10.7. The minimum Gasteiger partial charge on any atom is -0.357 e. The molecule has 25 heavy (non-hydrogen) atoms. The van der Waals surface area contributed by atoms with Gasteiger partial charge in [0.2, 0.25) is 5.91 Å². The van der Waals surface area contributed by atoms with Crippen molar-refractivity contribution in [2.45, 2.75) is 34.2 Å². The average Bonchev–Trinajstić information content (AvgIpc) is 2.51. The molecule has 1 aromatic carbocycles. The third-order valence-corrected chi connectivity index (χ3v) is 3.37. The highest BCUT2D eigenvalue weighted by atomic mass is 127. The topological polar surface area (TPSA) is 56.7 Å². The number of hydrogen-bond donors (Lipinski definition) is 2. The maximum absolute atomic E-state index is 13.0. The molecule has 2 N–H and O–H groups in total. The molecule has 0 saturated heterocycles. The molecule has 1 amide bonds. The molecule has 0 aromatic heterocycles. The van der Waals surface area contributed by atoms with Crippen LogP contribution in [0.4, 0.5) is 4.39 Å². The third kappa shape index (κ3) is 9.04. The standard InChI is InChI=1S/C18H29FN4O.HI/c1-6-20-17(22-12-11-21-16(24)18(2,3)4)23(5)13-14-7-9-15(19)10-8-14;/h7-10H,6,11-13H2,1-5H3,(H,20,22)(H,21,24);1H. The SMILES string of the molecule is CCNC(=NCCNC(=O)C(C)(C)C)N(C)Cc1ccc(F)cc1.I. The van der Waals surface area contributed by atoms with Crippen LogP contribution >= 0.6 is 24.0 Å². The van der Waals surface area contributed by atoms with Crippen LogP contribution in [0.3, 0.4) is 0 Å². The molecule has 0 radical (unpaired) electrons. The predicted molar refractivity (Wildman–Crippen MR) is 112 cm³/mol. The molecule has 0 heterocycles.